The first-order chi connectivity index (χ1) is 8.63. The van der Waals surface area contributed by atoms with Gasteiger partial charge >= 0.3 is 5.97 Å². The number of ether oxygens (including phenoxy) is 1. The fourth-order valence-corrected chi connectivity index (χ4v) is 1.67. The van der Waals surface area contributed by atoms with Crippen LogP contribution in [0.15, 0.2) is 30.5 Å². The molecule has 2 rings (SSSR count). The van der Waals surface area contributed by atoms with Crippen molar-refractivity contribution >= 4 is 5.97 Å². The molecule has 0 unspecified atom stereocenters. The summed E-state index contributed by atoms with van der Waals surface area (Å²) in [4.78, 5) is 11.3. The molecule has 0 aliphatic rings. The van der Waals surface area contributed by atoms with Crippen molar-refractivity contribution in [2.45, 2.75) is 6.92 Å². The van der Waals surface area contributed by atoms with Gasteiger partial charge in [-0.25, -0.2) is 4.79 Å². The van der Waals surface area contributed by atoms with Crippen LogP contribution in [-0.4, -0.2) is 28.4 Å². The van der Waals surface area contributed by atoms with Crippen LogP contribution < -0.4 is 4.74 Å². The zero-order chi connectivity index (χ0) is 13.1. The number of hydrogen-bond acceptors (Lipinski definition) is 4. The van der Waals surface area contributed by atoms with E-state index in [4.69, 9.17) is 4.74 Å². The molecule has 1 aromatic carbocycles. The lowest BCUT2D eigenvalue weighted by Crippen LogP contribution is -2.06. The maximum absolute atomic E-state index is 11.3. The molecule has 0 atom stereocenters. The molecule has 0 bridgehead atoms. The molecule has 18 heavy (non-hydrogen) atoms. The van der Waals surface area contributed by atoms with Gasteiger partial charge in [0.1, 0.15) is 5.56 Å². The van der Waals surface area contributed by atoms with Gasteiger partial charge in [0.25, 0.3) is 0 Å². The molecule has 0 spiro atoms. The summed E-state index contributed by atoms with van der Waals surface area (Å²) in [5.74, 6) is -1.07. The monoisotopic (exact) mass is 244 g/mol. The van der Waals surface area contributed by atoms with Crippen LogP contribution in [0.2, 0.25) is 0 Å². The largest absolute Gasteiger partial charge is 0.479 e. The van der Waals surface area contributed by atoms with Gasteiger partial charge < -0.3 is 9.84 Å². The first-order valence-electron chi connectivity index (χ1n) is 5.33. The van der Waals surface area contributed by atoms with E-state index in [1.54, 1.807) is 0 Å². The van der Waals surface area contributed by atoms with E-state index < -0.39 is 5.97 Å². The lowest BCUT2D eigenvalue weighted by molar-refractivity contribution is 0.0693. The molecule has 1 heterocycles. The minimum Gasteiger partial charge on any atom is -0.479 e. The van der Waals surface area contributed by atoms with E-state index in [0.29, 0.717) is 5.56 Å². The Morgan fingerprint density at radius 1 is 1.28 bits per heavy atom. The second-order valence-electron chi connectivity index (χ2n) is 3.81. The summed E-state index contributed by atoms with van der Waals surface area (Å²) in [7, 11) is 1.37. The summed E-state index contributed by atoms with van der Waals surface area (Å²) in [6.45, 7) is 1.97. The van der Waals surface area contributed by atoms with Gasteiger partial charge in [-0.1, -0.05) is 29.8 Å². The molecule has 0 saturated carbocycles. The molecular weight excluding hydrogens is 232 g/mol. The fraction of sp³-hybridized carbons (Fsp3) is 0.154. The zero-order valence-electron chi connectivity index (χ0n) is 10.0. The first kappa shape index (κ1) is 12.0. The molecule has 92 valence electrons. The van der Waals surface area contributed by atoms with Crippen LogP contribution >= 0.6 is 0 Å². The van der Waals surface area contributed by atoms with Crippen molar-refractivity contribution in [2.75, 3.05) is 7.11 Å². The van der Waals surface area contributed by atoms with E-state index >= 15 is 0 Å². The number of benzene rings is 1. The van der Waals surface area contributed by atoms with E-state index in [1.807, 2.05) is 31.2 Å². The fourth-order valence-electron chi connectivity index (χ4n) is 1.67. The summed E-state index contributed by atoms with van der Waals surface area (Å²) in [6.07, 6.45) is 1.43. The lowest BCUT2D eigenvalue weighted by Gasteiger charge is -2.08. The lowest BCUT2D eigenvalue weighted by atomic mass is 10.0. The van der Waals surface area contributed by atoms with Crippen molar-refractivity contribution in [3.8, 4) is 17.0 Å². The number of aryl methyl sites for hydroxylation is 1. The van der Waals surface area contributed by atoms with Crippen molar-refractivity contribution in [3.05, 3.63) is 41.6 Å². The van der Waals surface area contributed by atoms with Gasteiger partial charge in [-0.05, 0) is 12.5 Å². The molecule has 0 amide bonds. The van der Waals surface area contributed by atoms with Crippen LogP contribution in [0.25, 0.3) is 11.1 Å². The quantitative estimate of drug-likeness (QED) is 0.895. The number of methoxy groups -OCH3 is 1. The summed E-state index contributed by atoms with van der Waals surface area (Å²) in [5, 5.41) is 16.7. The van der Waals surface area contributed by atoms with Crippen molar-refractivity contribution in [1.82, 2.24) is 10.2 Å². The Morgan fingerprint density at radius 3 is 2.50 bits per heavy atom. The van der Waals surface area contributed by atoms with Crippen molar-refractivity contribution in [3.63, 3.8) is 0 Å². The molecule has 0 aliphatic carbocycles. The van der Waals surface area contributed by atoms with Crippen LogP contribution in [0.1, 0.15) is 15.9 Å². The van der Waals surface area contributed by atoms with Gasteiger partial charge in [0, 0.05) is 5.56 Å². The normalized spacial score (nSPS) is 10.1. The highest BCUT2D eigenvalue weighted by molar-refractivity contribution is 5.98. The van der Waals surface area contributed by atoms with Crippen molar-refractivity contribution < 1.29 is 14.6 Å². The van der Waals surface area contributed by atoms with Gasteiger partial charge in [0.15, 0.2) is 0 Å². The van der Waals surface area contributed by atoms with E-state index in [0.717, 1.165) is 11.1 Å². The number of carboxylic acids is 1. The highest BCUT2D eigenvalue weighted by atomic mass is 16.5. The maximum atomic E-state index is 11.3. The van der Waals surface area contributed by atoms with Gasteiger partial charge in [-0.3, -0.25) is 0 Å². The summed E-state index contributed by atoms with van der Waals surface area (Å²) >= 11 is 0. The van der Waals surface area contributed by atoms with Crippen LogP contribution in [0.4, 0.5) is 0 Å². The predicted octanol–water partition coefficient (Wildman–Crippen LogP) is 2.16. The van der Waals surface area contributed by atoms with E-state index in [9.17, 15) is 9.90 Å². The molecule has 0 radical (unpaired) electrons. The smallest absolute Gasteiger partial charge is 0.341 e. The Balaban J connectivity index is 2.63. The third kappa shape index (κ3) is 2.15. The van der Waals surface area contributed by atoms with Crippen LogP contribution in [0.5, 0.6) is 5.88 Å². The molecular formula is C13H12N2O3. The average molecular weight is 244 g/mol. The Bertz CT molecular complexity index is 579. The molecule has 5 nitrogen and oxygen atoms in total. The Morgan fingerprint density at radius 2 is 1.94 bits per heavy atom. The average Bonchev–Trinajstić information content (AvgIpc) is 2.38. The predicted molar refractivity (Wildman–Crippen MR) is 65.7 cm³/mol. The van der Waals surface area contributed by atoms with E-state index in [1.165, 1.54) is 13.3 Å². The molecule has 2 aromatic rings. The topological polar surface area (TPSA) is 72.3 Å². The second-order valence-corrected chi connectivity index (χ2v) is 3.81. The number of aromatic carboxylic acids is 1. The van der Waals surface area contributed by atoms with Gasteiger partial charge in [-0.15, -0.1) is 5.10 Å². The molecule has 5 heteroatoms. The SMILES string of the molecule is COc1nncc(-c2ccc(C)cc2)c1C(=O)O. The van der Waals surface area contributed by atoms with E-state index in [2.05, 4.69) is 10.2 Å². The van der Waals surface area contributed by atoms with Gasteiger partial charge in [-0.2, -0.15) is 5.10 Å². The van der Waals surface area contributed by atoms with Crippen LogP contribution in [0, 0.1) is 6.92 Å². The van der Waals surface area contributed by atoms with Gasteiger partial charge in [0.05, 0.1) is 13.3 Å². The molecule has 1 N–H and O–H groups in total. The number of aromatic nitrogens is 2. The maximum Gasteiger partial charge on any atom is 0.341 e. The van der Waals surface area contributed by atoms with Gasteiger partial charge in [0.2, 0.25) is 5.88 Å². The second kappa shape index (κ2) is 4.83. The number of carboxylic acid groups (broad SMARTS) is 1. The summed E-state index contributed by atoms with van der Waals surface area (Å²) in [5.41, 5.74) is 2.39. The Hall–Kier alpha value is -2.43. The standard InChI is InChI=1S/C13H12N2O3/c1-8-3-5-9(6-4-8)10-7-14-15-12(18-2)11(10)13(16)17/h3-7H,1-2H3,(H,16,17). The molecule has 0 fully saturated rings. The Kier molecular flexibility index (Phi) is 3.23. The van der Waals surface area contributed by atoms with Crippen LogP contribution in [-0.2, 0) is 0 Å². The highest BCUT2D eigenvalue weighted by Gasteiger charge is 2.19. The number of carbonyl (C=O) groups is 1. The Labute approximate surface area is 104 Å². The zero-order valence-corrected chi connectivity index (χ0v) is 10.0. The molecule has 1 aromatic heterocycles. The molecule has 0 aliphatic heterocycles. The van der Waals surface area contributed by atoms with Crippen molar-refractivity contribution in [2.24, 2.45) is 0 Å². The first-order valence-corrected chi connectivity index (χ1v) is 5.33. The van der Waals surface area contributed by atoms with Crippen molar-refractivity contribution in [1.29, 1.82) is 0 Å². The molecule has 0 saturated heterocycles. The number of rotatable bonds is 3. The number of hydrogen-bond donors (Lipinski definition) is 1. The number of nitrogens with zero attached hydrogens (tertiary/aromatic N) is 2. The summed E-state index contributed by atoms with van der Waals surface area (Å²) < 4.78 is 4.94. The third-order valence-electron chi connectivity index (χ3n) is 2.59. The highest BCUT2D eigenvalue weighted by Crippen LogP contribution is 2.28. The minimum atomic E-state index is -1.09. The van der Waals surface area contributed by atoms with Crippen LogP contribution in [0.3, 0.4) is 0 Å². The third-order valence-corrected chi connectivity index (χ3v) is 2.59. The summed E-state index contributed by atoms with van der Waals surface area (Å²) in [6, 6.07) is 7.51. The van der Waals surface area contributed by atoms with E-state index in [-0.39, 0.29) is 11.4 Å². The minimum absolute atomic E-state index is 0.0144.